The lowest BCUT2D eigenvalue weighted by molar-refractivity contribution is 0.266. The van der Waals surface area contributed by atoms with Gasteiger partial charge in [-0.05, 0) is 49.4 Å². The van der Waals surface area contributed by atoms with Crippen LogP contribution in [-0.4, -0.2) is 19.2 Å². The Morgan fingerprint density at radius 1 is 1.37 bits per heavy atom. The third-order valence-corrected chi connectivity index (χ3v) is 4.29. The van der Waals surface area contributed by atoms with Crippen molar-refractivity contribution in [2.24, 2.45) is 5.92 Å². The Hall–Kier alpha value is -0.730. The van der Waals surface area contributed by atoms with Gasteiger partial charge in [0.2, 0.25) is 0 Å². The Morgan fingerprint density at radius 2 is 2.21 bits per heavy atom. The first-order valence-electron chi connectivity index (χ1n) is 7.27. The third kappa shape index (κ3) is 4.70. The molecule has 2 unspecified atom stereocenters. The van der Waals surface area contributed by atoms with Crippen molar-refractivity contribution in [2.75, 3.05) is 13.2 Å². The normalized spacial score (nSPS) is 23.3. The molecule has 2 rings (SSSR count). The van der Waals surface area contributed by atoms with Gasteiger partial charge in [-0.15, -0.1) is 0 Å². The van der Waals surface area contributed by atoms with Crippen molar-refractivity contribution in [3.05, 3.63) is 28.8 Å². The lowest BCUT2D eigenvalue weighted by Gasteiger charge is -2.27. The number of ether oxygens (including phenoxy) is 1. The average Bonchev–Trinajstić information content (AvgIpc) is 2.39. The van der Waals surface area contributed by atoms with Crippen LogP contribution in [0.15, 0.2) is 18.2 Å². The fraction of sp³-hybridized carbons (Fsp3) is 0.625. The van der Waals surface area contributed by atoms with Crippen molar-refractivity contribution in [3.8, 4) is 5.75 Å². The number of benzene rings is 1. The summed E-state index contributed by atoms with van der Waals surface area (Å²) in [6.07, 6.45) is 5.36. The van der Waals surface area contributed by atoms with Crippen molar-refractivity contribution >= 4 is 11.6 Å². The molecule has 1 fully saturated rings. The quantitative estimate of drug-likeness (QED) is 0.817. The molecule has 1 aliphatic rings. The Labute approximate surface area is 121 Å². The maximum absolute atomic E-state index is 5.99. The molecule has 2 nitrogen and oxygen atoms in total. The molecule has 0 spiro atoms. The van der Waals surface area contributed by atoms with E-state index in [1.807, 2.05) is 25.1 Å². The Morgan fingerprint density at radius 3 is 2.95 bits per heavy atom. The second-order valence-corrected chi connectivity index (χ2v) is 6.09. The topological polar surface area (TPSA) is 21.3 Å². The summed E-state index contributed by atoms with van der Waals surface area (Å²) in [5.41, 5.74) is 1.06. The van der Waals surface area contributed by atoms with Crippen LogP contribution in [0.4, 0.5) is 0 Å². The fourth-order valence-corrected chi connectivity index (χ4v) is 2.88. The lowest BCUT2D eigenvalue weighted by Crippen LogP contribution is -2.36. The van der Waals surface area contributed by atoms with E-state index in [-0.39, 0.29) is 0 Å². The van der Waals surface area contributed by atoms with Gasteiger partial charge in [0, 0.05) is 17.6 Å². The standard InChI is InChI=1S/C16H24ClNO/c1-12-4-3-5-14(10-12)18-8-9-19-15-6-7-16(17)13(2)11-15/h6-7,11-12,14,18H,3-5,8-10H2,1-2H3. The molecule has 106 valence electrons. The first-order chi connectivity index (χ1) is 9.15. The summed E-state index contributed by atoms with van der Waals surface area (Å²) in [4.78, 5) is 0. The second kappa shape index (κ2) is 7.16. The van der Waals surface area contributed by atoms with Crippen LogP contribution in [0, 0.1) is 12.8 Å². The molecule has 3 heteroatoms. The summed E-state index contributed by atoms with van der Waals surface area (Å²) in [6.45, 7) is 5.97. The van der Waals surface area contributed by atoms with E-state index in [4.69, 9.17) is 16.3 Å². The minimum Gasteiger partial charge on any atom is -0.492 e. The summed E-state index contributed by atoms with van der Waals surface area (Å²) in [5, 5.41) is 4.39. The third-order valence-electron chi connectivity index (χ3n) is 3.87. The van der Waals surface area contributed by atoms with E-state index in [9.17, 15) is 0 Å². The number of aryl methyl sites for hydroxylation is 1. The highest BCUT2D eigenvalue weighted by Crippen LogP contribution is 2.23. The van der Waals surface area contributed by atoms with Crippen LogP contribution in [0.25, 0.3) is 0 Å². The Bertz CT molecular complexity index is 408. The summed E-state index contributed by atoms with van der Waals surface area (Å²) in [6, 6.07) is 6.49. The smallest absolute Gasteiger partial charge is 0.119 e. The maximum atomic E-state index is 5.99. The molecule has 2 atom stereocenters. The Balaban J connectivity index is 1.67. The summed E-state index contributed by atoms with van der Waals surface area (Å²) < 4.78 is 5.74. The van der Waals surface area contributed by atoms with E-state index in [0.29, 0.717) is 12.6 Å². The van der Waals surface area contributed by atoms with E-state index in [1.54, 1.807) is 0 Å². The molecule has 1 aliphatic carbocycles. The maximum Gasteiger partial charge on any atom is 0.119 e. The van der Waals surface area contributed by atoms with Crippen LogP contribution >= 0.6 is 11.6 Å². The van der Waals surface area contributed by atoms with Crippen molar-refractivity contribution in [3.63, 3.8) is 0 Å². The zero-order chi connectivity index (χ0) is 13.7. The van der Waals surface area contributed by atoms with Crippen LogP contribution in [0.1, 0.15) is 38.2 Å². The highest BCUT2D eigenvalue weighted by molar-refractivity contribution is 6.31. The van der Waals surface area contributed by atoms with Crippen molar-refractivity contribution in [2.45, 2.75) is 45.6 Å². The van der Waals surface area contributed by atoms with E-state index in [2.05, 4.69) is 12.2 Å². The van der Waals surface area contributed by atoms with Gasteiger partial charge in [0.15, 0.2) is 0 Å². The molecule has 0 aromatic heterocycles. The predicted octanol–water partition coefficient (Wildman–Crippen LogP) is 4.20. The van der Waals surface area contributed by atoms with E-state index in [1.165, 1.54) is 25.7 Å². The molecular weight excluding hydrogens is 258 g/mol. The number of hydrogen-bond donors (Lipinski definition) is 1. The zero-order valence-electron chi connectivity index (χ0n) is 11.9. The molecule has 0 aliphatic heterocycles. The molecule has 0 amide bonds. The van der Waals surface area contributed by atoms with Crippen LogP contribution in [0.3, 0.4) is 0 Å². The highest BCUT2D eigenvalue weighted by atomic mass is 35.5. The van der Waals surface area contributed by atoms with Crippen molar-refractivity contribution in [1.82, 2.24) is 5.32 Å². The number of rotatable bonds is 5. The molecule has 1 saturated carbocycles. The van der Waals surface area contributed by atoms with Crippen molar-refractivity contribution in [1.29, 1.82) is 0 Å². The molecule has 1 N–H and O–H groups in total. The van der Waals surface area contributed by atoms with Crippen molar-refractivity contribution < 1.29 is 4.74 Å². The van der Waals surface area contributed by atoms with Gasteiger partial charge < -0.3 is 10.1 Å². The van der Waals surface area contributed by atoms with Crippen LogP contribution in [0.2, 0.25) is 5.02 Å². The first kappa shape index (κ1) is 14.7. The van der Waals surface area contributed by atoms with E-state index in [0.717, 1.165) is 28.8 Å². The largest absolute Gasteiger partial charge is 0.492 e. The molecule has 0 heterocycles. The predicted molar refractivity (Wildman–Crippen MR) is 81.1 cm³/mol. The minimum atomic E-state index is 0.680. The molecule has 0 bridgehead atoms. The fourth-order valence-electron chi connectivity index (χ4n) is 2.76. The SMILES string of the molecule is Cc1cc(OCCNC2CCCC(C)C2)ccc1Cl. The minimum absolute atomic E-state index is 0.680. The van der Waals surface area contributed by atoms with Gasteiger partial charge >= 0.3 is 0 Å². The van der Waals surface area contributed by atoms with Crippen LogP contribution in [0.5, 0.6) is 5.75 Å². The van der Waals surface area contributed by atoms with Gasteiger partial charge in [-0.2, -0.15) is 0 Å². The van der Waals surface area contributed by atoms with Gasteiger partial charge in [0.1, 0.15) is 12.4 Å². The number of nitrogens with one attached hydrogen (secondary N) is 1. The Kier molecular flexibility index (Phi) is 5.53. The van der Waals surface area contributed by atoms with Gasteiger partial charge in [-0.3, -0.25) is 0 Å². The zero-order valence-corrected chi connectivity index (χ0v) is 12.7. The van der Waals surface area contributed by atoms with Gasteiger partial charge in [0.05, 0.1) is 0 Å². The highest BCUT2D eigenvalue weighted by Gasteiger charge is 2.17. The van der Waals surface area contributed by atoms with Gasteiger partial charge in [-0.25, -0.2) is 0 Å². The molecule has 1 aromatic carbocycles. The summed E-state index contributed by atoms with van der Waals surface area (Å²) in [5.74, 6) is 1.77. The number of halogens is 1. The first-order valence-corrected chi connectivity index (χ1v) is 7.65. The molecular formula is C16H24ClNO. The van der Waals surface area contributed by atoms with E-state index < -0.39 is 0 Å². The average molecular weight is 282 g/mol. The van der Waals surface area contributed by atoms with Crippen LogP contribution < -0.4 is 10.1 Å². The second-order valence-electron chi connectivity index (χ2n) is 5.68. The van der Waals surface area contributed by atoms with Gasteiger partial charge in [0.25, 0.3) is 0 Å². The summed E-state index contributed by atoms with van der Waals surface area (Å²) in [7, 11) is 0. The monoisotopic (exact) mass is 281 g/mol. The molecule has 0 saturated heterocycles. The number of hydrogen-bond acceptors (Lipinski definition) is 2. The van der Waals surface area contributed by atoms with E-state index >= 15 is 0 Å². The lowest BCUT2D eigenvalue weighted by atomic mass is 9.87. The summed E-state index contributed by atoms with van der Waals surface area (Å²) >= 11 is 5.99. The molecule has 1 aromatic rings. The van der Waals surface area contributed by atoms with Crippen LogP contribution in [-0.2, 0) is 0 Å². The van der Waals surface area contributed by atoms with Gasteiger partial charge in [-0.1, -0.05) is 31.4 Å². The molecule has 19 heavy (non-hydrogen) atoms. The molecule has 0 radical (unpaired) electrons.